The fourth-order valence-electron chi connectivity index (χ4n) is 1.86. The highest BCUT2D eigenvalue weighted by Crippen LogP contribution is 2.26. The van der Waals surface area contributed by atoms with Crippen LogP contribution in [0, 0.1) is 0 Å². The summed E-state index contributed by atoms with van der Waals surface area (Å²) in [6.07, 6.45) is 0. The second-order valence-electron chi connectivity index (χ2n) is 3.56. The molecule has 0 radical (unpaired) electrons. The topological polar surface area (TPSA) is 22.0 Å². The van der Waals surface area contributed by atoms with E-state index in [-0.39, 0.29) is 5.56 Å². The molecule has 0 atom stereocenters. The molecule has 0 N–H and O–H groups in total. The van der Waals surface area contributed by atoms with Gasteiger partial charge in [0.25, 0.3) is 5.56 Å². The monoisotopic (exact) mass is 215 g/mol. The molecule has 2 aromatic carbocycles. The molecule has 0 aliphatic carbocycles. The Morgan fingerprint density at radius 2 is 1.87 bits per heavy atom. The number of aromatic nitrogens is 1. The third kappa shape index (κ3) is 1.13. The van der Waals surface area contributed by atoms with Crippen molar-refractivity contribution < 1.29 is 0 Å². The molecule has 1 aromatic heterocycles. The summed E-state index contributed by atoms with van der Waals surface area (Å²) in [6, 6.07) is 12.1. The van der Waals surface area contributed by atoms with E-state index in [1.54, 1.807) is 3.96 Å². The van der Waals surface area contributed by atoms with Gasteiger partial charge in [-0.3, -0.25) is 8.75 Å². The Kier molecular flexibility index (Phi) is 1.70. The molecule has 0 spiro atoms. The van der Waals surface area contributed by atoms with E-state index in [1.807, 2.05) is 31.3 Å². The van der Waals surface area contributed by atoms with Crippen LogP contribution < -0.4 is 5.56 Å². The van der Waals surface area contributed by atoms with E-state index in [4.69, 9.17) is 0 Å². The van der Waals surface area contributed by atoms with Gasteiger partial charge < -0.3 is 0 Å². The largest absolute Gasteiger partial charge is 0.268 e. The quantitative estimate of drug-likeness (QED) is 0.565. The van der Waals surface area contributed by atoms with Crippen LogP contribution in [0.25, 0.3) is 20.9 Å². The smallest absolute Gasteiger partial charge is 0.268 e. The van der Waals surface area contributed by atoms with Gasteiger partial charge in [0, 0.05) is 12.4 Å². The maximum absolute atomic E-state index is 11.7. The molecule has 1 heterocycles. The molecule has 0 aliphatic rings. The molecular weight excluding hydrogens is 206 g/mol. The van der Waals surface area contributed by atoms with Crippen LogP contribution >= 0.6 is 11.5 Å². The molecule has 0 aliphatic heterocycles. The van der Waals surface area contributed by atoms with Gasteiger partial charge in [-0.25, -0.2) is 0 Å². The summed E-state index contributed by atoms with van der Waals surface area (Å²) in [5, 5.41) is 3.17. The van der Waals surface area contributed by atoms with Crippen LogP contribution in [0.3, 0.4) is 0 Å². The fraction of sp³-hybridized carbons (Fsp3) is 0.0833. The lowest BCUT2D eigenvalue weighted by atomic mass is 10.1. The third-order valence-electron chi connectivity index (χ3n) is 2.62. The molecule has 0 unspecified atom stereocenters. The Morgan fingerprint density at radius 1 is 1.07 bits per heavy atom. The minimum absolute atomic E-state index is 0.0979. The standard InChI is InChI=1S/C12H9NOS/c1-13-12(14)10-7-6-8-4-2-3-5-9(8)11(10)15-13/h2-7H,1H3. The van der Waals surface area contributed by atoms with Crippen LogP contribution in [-0.4, -0.2) is 3.96 Å². The number of hydrogen-bond acceptors (Lipinski definition) is 2. The van der Waals surface area contributed by atoms with Crippen molar-refractivity contribution in [2.24, 2.45) is 7.05 Å². The molecule has 2 nitrogen and oxygen atoms in total. The predicted molar refractivity (Wildman–Crippen MR) is 64.6 cm³/mol. The lowest BCUT2D eigenvalue weighted by Crippen LogP contribution is -2.07. The molecule has 15 heavy (non-hydrogen) atoms. The predicted octanol–water partition coefficient (Wildman–Crippen LogP) is 2.75. The summed E-state index contributed by atoms with van der Waals surface area (Å²) in [4.78, 5) is 11.7. The van der Waals surface area contributed by atoms with Crippen molar-refractivity contribution in [2.75, 3.05) is 0 Å². The number of rotatable bonds is 0. The zero-order chi connectivity index (χ0) is 10.4. The van der Waals surface area contributed by atoms with E-state index in [1.165, 1.54) is 16.9 Å². The lowest BCUT2D eigenvalue weighted by Gasteiger charge is -1.96. The average Bonchev–Trinajstić information content (AvgIpc) is 2.56. The summed E-state index contributed by atoms with van der Waals surface area (Å²) < 4.78 is 2.76. The SMILES string of the molecule is Cn1sc2c(ccc3ccccc32)c1=O. The highest BCUT2D eigenvalue weighted by atomic mass is 32.1. The van der Waals surface area contributed by atoms with Crippen LogP contribution in [0.2, 0.25) is 0 Å². The number of nitrogens with zero attached hydrogens (tertiary/aromatic N) is 1. The lowest BCUT2D eigenvalue weighted by molar-refractivity contribution is 0.989. The summed E-state index contributed by atoms with van der Waals surface area (Å²) >= 11 is 1.51. The first-order valence-electron chi connectivity index (χ1n) is 4.75. The molecule has 0 saturated carbocycles. The van der Waals surface area contributed by atoms with Crippen molar-refractivity contribution in [3.8, 4) is 0 Å². The van der Waals surface area contributed by atoms with E-state index >= 15 is 0 Å². The summed E-state index contributed by atoms with van der Waals surface area (Å²) in [5.74, 6) is 0. The van der Waals surface area contributed by atoms with Crippen molar-refractivity contribution in [2.45, 2.75) is 0 Å². The number of hydrogen-bond donors (Lipinski definition) is 0. The van der Waals surface area contributed by atoms with Gasteiger partial charge in [0.2, 0.25) is 0 Å². The van der Waals surface area contributed by atoms with Gasteiger partial charge in [-0.1, -0.05) is 41.9 Å². The highest BCUT2D eigenvalue weighted by Gasteiger charge is 2.07. The summed E-state index contributed by atoms with van der Waals surface area (Å²) in [7, 11) is 1.81. The number of benzene rings is 2. The Labute approximate surface area is 90.5 Å². The minimum atomic E-state index is 0.0979. The van der Waals surface area contributed by atoms with Crippen molar-refractivity contribution in [1.82, 2.24) is 3.96 Å². The van der Waals surface area contributed by atoms with Crippen molar-refractivity contribution >= 4 is 32.4 Å². The zero-order valence-electron chi connectivity index (χ0n) is 8.23. The van der Waals surface area contributed by atoms with Crippen LogP contribution in [0.15, 0.2) is 41.2 Å². The second-order valence-corrected chi connectivity index (χ2v) is 4.70. The van der Waals surface area contributed by atoms with E-state index in [2.05, 4.69) is 12.1 Å². The molecule has 0 fully saturated rings. The molecule has 3 heteroatoms. The van der Waals surface area contributed by atoms with Gasteiger partial charge in [0.15, 0.2) is 0 Å². The van der Waals surface area contributed by atoms with E-state index in [0.717, 1.165) is 15.5 Å². The highest BCUT2D eigenvalue weighted by molar-refractivity contribution is 7.14. The Hall–Kier alpha value is -1.61. The van der Waals surface area contributed by atoms with E-state index in [0.29, 0.717) is 0 Å². The molecule has 0 saturated heterocycles. The van der Waals surface area contributed by atoms with Gasteiger partial charge >= 0.3 is 0 Å². The van der Waals surface area contributed by atoms with Gasteiger partial charge in [-0.2, -0.15) is 0 Å². The van der Waals surface area contributed by atoms with Gasteiger partial charge in [0.05, 0.1) is 10.1 Å². The van der Waals surface area contributed by atoms with Crippen LogP contribution in [0.1, 0.15) is 0 Å². The molecule has 3 rings (SSSR count). The third-order valence-corrected chi connectivity index (χ3v) is 3.69. The maximum atomic E-state index is 11.7. The zero-order valence-corrected chi connectivity index (χ0v) is 9.04. The van der Waals surface area contributed by atoms with Crippen molar-refractivity contribution in [1.29, 1.82) is 0 Å². The summed E-state index contributed by atoms with van der Waals surface area (Å²) in [6.45, 7) is 0. The Bertz CT molecular complexity index is 708. The van der Waals surface area contributed by atoms with Gasteiger partial charge in [-0.15, -0.1) is 0 Å². The number of aryl methyl sites for hydroxylation is 1. The molecule has 0 bridgehead atoms. The Balaban J connectivity index is 2.66. The molecular formula is C12H9NOS. The number of fused-ring (bicyclic) bond motifs is 3. The van der Waals surface area contributed by atoms with Crippen LogP contribution in [0.5, 0.6) is 0 Å². The summed E-state index contributed by atoms with van der Waals surface area (Å²) in [5.41, 5.74) is 0.0979. The first-order valence-corrected chi connectivity index (χ1v) is 5.52. The Morgan fingerprint density at radius 3 is 2.73 bits per heavy atom. The molecule has 3 aromatic rings. The first kappa shape index (κ1) is 8.68. The van der Waals surface area contributed by atoms with Crippen LogP contribution in [-0.2, 0) is 7.05 Å². The minimum Gasteiger partial charge on any atom is -0.268 e. The molecule has 74 valence electrons. The maximum Gasteiger partial charge on any atom is 0.268 e. The normalized spacial score (nSPS) is 11.3. The van der Waals surface area contributed by atoms with E-state index in [9.17, 15) is 4.79 Å². The molecule has 0 amide bonds. The van der Waals surface area contributed by atoms with Gasteiger partial charge in [-0.05, 0) is 11.5 Å². The van der Waals surface area contributed by atoms with E-state index < -0.39 is 0 Å². The van der Waals surface area contributed by atoms with Gasteiger partial charge in [0.1, 0.15) is 0 Å². The van der Waals surface area contributed by atoms with Crippen LogP contribution in [0.4, 0.5) is 0 Å². The first-order chi connectivity index (χ1) is 7.27. The van der Waals surface area contributed by atoms with Crippen molar-refractivity contribution in [3.63, 3.8) is 0 Å². The van der Waals surface area contributed by atoms with Crippen molar-refractivity contribution in [3.05, 3.63) is 46.8 Å². The average molecular weight is 215 g/mol. The fourth-order valence-corrected chi connectivity index (χ4v) is 2.85. The second kappa shape index (κ2) is 2.94.